The topological polar surface area (TPSA) is 55.8 Å². The van der Waals surface area contributed by atoms with Crippen LogP contribution in [0.1, 0.15) is 31.4 Å². The Balaban J connectivity index is 1.63. The number of amides is 2. The number of nitrogens with zero attached hydrogens (tertiary/aromatic N) is 1. The fourth-order valence-corrected chi connectivity index (χ4v) is 3.54. The van der Waals surface area contributed by atoms with Crippen LogP contribution in [-0.4, -0.2) is 36.5 Å². The average Bonchev–Trinajstić information content (AvgIpc) is 2.96. The van der Waals surface area contributed by atoms with Gasteiger partial charge < -0.3 is 9.47 Å². The SMILES string of the molecule is CCOc1ccc(CCN2C(=O)C[C@H](Cc3ccccc3)C2=O)cc1OCC. The number of hydrogen-bond acceptors (Lipinski definition) is 4. The largest absolute Gasteiger partial charge is 0.490 e. The second-order valence-corrected chi connectivity index (χ2v) is 6.87. The van der Waals surface area contributed by atoms with E-state index in [9.17, 15) is 9.59 Å². The lowest BCUT2D eigenvalue weighted by atomic mass is 9.98. The van der Waals surface area contributed by atoms with Gasteiger partial charge in [-0.1, -0.05) is 36.4 Å². The standard InChI is InChI=1S/C23H27NO4/c1-3-27-20-11-10-18(15-21(20)28-4-2)12-13-24-22(25)16-19(23(24)26)14-17-8-6-5-7-9-17/h5-11,15,19H,3-4,12-14,16H2,1-2H3/t19-/m0/s1. The van der Waals surface area contributed by atoms with Crippen LogP contribution in [0.3, 0.4) is 0 Å². The molecule has 0 bridgehead atoms. The number of carbonyl (C=O) groups is 2. The van der Waals surface area contributed by atoms with Crippen molar-refractivity contribution in [3.8, 4) is 11.5 Å². The molecule has 1 fully saturated rings. The molecule has 2 aromatic carbocycles. The minimum absolute atomic E-state index is 0.0650. The predicted octanol–water partition coefficient (Wildman–Crippen LogP) is 3.64. The lowest BCUT2D eigenvalue weighted by Gasteiger charge is -2.16. The van der Waals surface area contributed by atoms with Gasteiger partial charge in [-0.3, -0.25) is 14.5 Å². The number of carbonyl (C=O) groups excluding carboxylic acids is 2. The first kappa shape index (κ1) is 19.9. The monoisotopic (exact) mass is 381 g/mol. The van der Waals surface area contributed by atoms with Gasteiger partial charge in [0.05, 0.1) is 19.1 Å². The summed E-state index contributed by atoms with van der Waals surface area (Å²) in [6.45, 7) is 5.37. The molecule has 1 saturated heterocycles. The van der Waals surface area contributed by atoms with E-state index in [1.54, 1.807) is 0 Å². The highest BCUT2D eigenvalue weighted by molar-refractivity contribution is 6.03. The van der Waals surface area contributed by atoms with E-state index >= 15 is 0 Å². The number of imide groups is 1. The maximum absolute atomic E-state index is 12.7. The molecule has 0 N–H and O–H groups in total. The highest BCUT2D eigenvalue weighted by Crippen LogP contribution is 2.29. The summed E-state index contributed by atoms with van der Waals surface area (Å²) in [5.74, 6) is 1.01. The van der Waals surface area contributed by atoms with E-state index in [4.69, 9.17) is 9.47 Å². The molecule has 0 aromatic heterocycles. The van der Waals surface area contributed by atoms with E-state index < -0.39 is 0 Å². The first-order valence-corrected chi connectivity index (χ1v) is 9.89. The molecule has 0 unspecified atom stereocenters. The smallest absolute Gasteiger partial charge is 0.233 e. The van der Waals surface area contributed by atoms with Crippen LogP contribution in [0.25, 0.3) is 0 Å². The van der Waals surface area contributed by atoms with E-state index in [0.717, 1.165) is 11.1 Å². The molecule has 5 nitrogen and oxygen atoms in total. The maximum Gasteiger partial charge on any atom is 0.233 e. The second-order valence-electron chi connectivity index (χ2n) is 6.87. The zero-order valence-corrected chi connectivity index (χ0v) is 16.5. The maximum atomic E-state index is 12.7. The van der Waals surface area contributed by atoms with E-state index in [-0.39, 0.29) is 17.7 Å². The number of ether oxygens (including phenoxy) is 2. The number of rotatable bonds is 9. The van der Waals surface area contributed by atoms with Crippen LogP contribution in [-0.2, 0) is 22.4 Å². The third kappa shape index (κ3) is 4.71. The van der Waals surface area contributed by atoms with Gasteiger partial charge in [0, 0.05) is 13.0 Å². The molecular weight excluding hydrogens is 354 g/mol. The van der Waals surface area contributed by atoms with E-state index in [1.807, 2.05) is 62.4 Å². The van der Waals surface area contributed by atoms with Crippen LogP contribution in [0.4, 0.5) is 0 Å². The summed E-state index contributed by atoms with van der Waals surface area (Å²) in [7, 11) is 0. The second kappa shape index (κ2) is 9.40. The Hall–Kier alpha value is -2.82. The van der Waals surface area contributed by atoms with Crippen molar-refractivity contribution in [2.24, 2.45) is 5.92 Å². The Kier molecular flexibility index (Phi) is 6.69. The van der Waals surface area contributed by atoms with E-state index in [1.165, 1.54) is 4.90 Å². The third-order valence-electron chi connectivity index (χ3n) is 4.89. The Morgan fingerprint density at radius 3 is 2.36 bits per heavy atom. The summed E-state index contributed by atoms with van der Waals surface area (Å²) in [6.07, 6.45) is 1.50. The van der Waals surface area contributed by atoms with Gasteiger partial charge >= 0.3 is 0 Å². The first-order valence-electron chi connectivity index (χ1n) is 9.89. The molecule has 1 aliphatic heterocycles. The molecule has 2 aromatic rings. The Morgan fingerprint density at radius 1 is 0.929 bits per heavy atom. The lowest BCUT2D eigenvalue weighted by molar-refractivity contribution is -0.139. The molecule has 28 heavy (non-hydrogen) atoms. The molecule has 0 spiro atoms. The highest BCUT2D eigenvalue weighted by Gasteiger charge is 2.37. The Morgan fingerprint density at radius 2 is 1.64 bits per heavy atom. The highest BCUT2D eigenvalue weighted by atomic mass is 16.5. The van der Waals surface area contributed by atoms with Crippen molar-refractivity contribution in [3.05, 3.63) is 59.7 Å². The minimum atomic E-state index is -0.255. The van der Waals surface area contributed by atoms with Crippen molar-refractivity contribution >= 4 is 11.8 Å². The van der Waals surface area contributed by atoms with Gasteiger partial charge in [-0.05, 0) is 49.9 Å². The number of likely N-dealkylation sites (tertiary alicyclic amines) is 1. The Labute approximate surface area is 166 Å². The van der Waals surface area contributed by atoms with Crippen LogP contribution in [0.15, 0.2) is 48.5 Å². The summed E-state index contributed by atoms with van der Waals surface area (Å²) in [6, 6.07) is 15.6. The molecule has 0 aliphatic carbocycles. The molecule has 2 amide bonds. The summed E-state index contributed by atoms with van der Waals surface area (Å²) in [4.78, 5) is 26.5. The quantitative estimate of drug-likeness (QED) is 0.622. The molecule has 1 aliphatic rings. The van der Waals surface area contributed by atoms with Crippen molar-refractivity contribution in [2.45, 2.75) is 33.1 Å². The normalized spacial score (nSPS) is 16.5. The molecular formula is C23H27NO4. The van der Waals surface area contributed by atoms with Crippen LogP contribution in [0.2, 0.25) is 0 Å². The van der Waals surface area contributed by atoms with Crippen molar-refractivity contribution < 1.29 is 19.1 Å². The Bertz CT molecular complexity index is 819. The van der Waals surface area contributed by atoms with Crippen molar-refractivity contribution in [1.29, 1.82) is 0 Å². The molecule has 0 saturated carbocycles. The van der Waals surface area contributed by atoms with Gasteiger partial charge in [-0.25, -0.2) is 0 Å². The van der Waals surface area contributed by atoms with Crippen LogP contribution in [0, 0.1) is 5.92 Å². The number of benzene rings is 2. The summed E-state index contributed by atoms with van der Waals surface area (Å²) >= 11 is 0. The van der Waals surface area contributed by atoms with Gasteiger partial charge in [-0.15, -0.1) is 0 Å². The van der Waals surface area contributed by atoms with Gasteiger partial charge in [0.25, 0.3) is 0 Å². The van der Waals surface area contributed by atoms with E-state index in [0.29, 0.717) is 50.5 Å². The lowest BCUT2D eigenvalue weighted by Crippen LogP contribution is -2.33. The van der Waals surface area contributed by atoms with Gasteiger partial charge in [0.1, 0.15) is 0 Å². The van der Waals surface area contributed by atoms with Gasteiger partial charge in [0.2, 0.25) is 11.8 Å². The van der Waals surface area contributed by atoms with Crippen LogP contribution >= 0.6 is 0 Å². The van der Waals surface area contributed by atoms with Gasteiger partial charge in [-0.2, -0.15) is 0 Å². The zero-order chi connectivity index (χ0) is 19.9. The third-order valence-corrected chi connectivity index (χ3v) is 4.89. The summed E-state index contributed by atoms with van der Waals surface area (Å²) in [5.41, 5.74) is 2.10. The summed E-state index contributed by atoms with van der Waals surface area (Å²) in [5, 5.41) is 0. The average molecular weight is 381 g/mol. The summed E-state index contributed by atoms with van der Waals surface area (Å²) < 4.78 is 11.2. The molecule has 5 heteroatoms. The van der Waals surface area contributed by atoms with E-state index in [2.05, 4.69) is 0 Å². The van der Waals surface area contributed by atoms with Crippen molar-refractivity contribution in [3.63, 3.8) is 0 Å². The first-order chi connectivity index (χ1) is 13.6. The molecule has 0 radical (unpaired) electrons. The van der Waals surface area contributed by atoms with Crippen LogP contribution in [0.5, 0.6) is 11.5 Å². The minimum Gasteiger partial charge on any atom is -0.490 e. The molecule has 3 rings (SSSR count). The fraction of sp³-hybridized carbons (Fsp3) is 0.391. The molecule has 1 heterocycles. The van der Waals surface area contributed by atoms with Crippen molar-refractivity contribution in [2.75, 3.05) is 19.8 Å². The molecule has 148 valence electrons. The zero-order valence-electron chi connectivity index (χ0n) is 16.5. The van der Waals surface area contributed by atoms with Gasteiger partial charge in [0.15, 0.2) is 11.5 Å². The predicted molar refractivity (Wildman–Crippen MR) is 107 cm³/mol. The molecule has 1 atom stereocenters. The number of hydrogen-bond donors (Lipinski definition) is 0. The van der Waals surface area contributed by atoms with Crippen LogP contribution < -0.4 is 9.47 Å². The van der Waals surface area contributed by atoms with Crippen molar-refractivity contribution in [1.82, 2.24) is 4.90 Å². The fourth-order valence-electron chi connectivity index (χ4n) is 3.54.